The van der Waals surface area contributed by atoms with Crippen LogP contribution < -0.4 is 0 Å². The second-order valence-corrected chi connectivity index (χ2v) is 16.6. The van der Waals surface area contributed by atoms with Crippen molar-refractivity contribution in [1.82, 2.24) is 19.1 Å². The highest BCUT2D eigenvalue weighted by Crippen LogP contribution is 2.51. The van der Waals surface area contributed by atoms with Crippen LogP contribution in [0.2, 0.25) is 0 Å². The van der Waals surface area contributed by atoms with Gasteiger partial charge in [-0.25, -0.2) is 4.98 Å². The minimum atomic E-state index is -0.0986. The van der Waals surface area contributed by atoms with E-state index < -0.39 is 0 Å². The smallest absolute Gasteiger partial charge is 0.238 e. The molecule has 0 amide bonds. The van der Waals surface area contributed by atoms with E-state index in [0.29, 0.717) is 11.7 Å². The van der Waals surface area contributed by atoms with Crippen LogP contribution in [0.5, 0.6) is 0 Å². The molecule has 1 aliphatic rings. The van der Waals surface area contributed by atoms with Gasteiger partial charge >= 0.3 is 0 Å². The number of hydrogen-bond acceptors (Lipinski definition) is 3. The molecule has 8 aromatic carbocycles. The molecule has 0 saturated carbocycles. The van der Waals surface area contributed by atoms with Crippen LogP contribution in [0.25, 0.3) is 111 Å². The summed E-state index contributed by atoms with van der Waals surface area (Å²) in [5.74, 6) is 0.579. The third-order valence-electron chi connectivity index (χ3n) is 13.0. The predicted octanol–water partition coefficient (Wildman–Crippen LogP) is 14.2. The molecule has 1 aliphatic carbocycles. The Kier molecular flexibility index (Phi) is 6.72. The van der Waals surface area contributed by atoms with E-state index >= 15 is 0 Å². The van der Waals surface area contributed by atoms with Crippen molar-refractivity contribution in [2.24, 2.45) is 0 Å². The molecule has 0 atom stereocenters. The maximum atomic E-state index is 6.67. The zero-order chi connectivity index (χ0) is 39.7. The predicted molar refractivity (Wildman–Crippen MR) is 246 cm³/mol. The summed E-state index contributed by atoms with van der Waals surface area (Å²) >= 11 is 0. The summed E-state index contributed by atoms with van der Waals surface area (Å²) in [5.41, 5.74) is 16.4. The summed E-state index contributed by atoms with van der Waals surface area (Å²) in [6.45, 7) is 4.71. The zero-order valence-electron chi connectivity index (χ0n) is 33.0. The molecule has 13 rings (SSSR count). The fourth-order valence-electron chi connectivity index (χ4n) is 10.1. The second-order valence-electron chi connectivity index (χ2n) is 16.6. The van der Waals surface area contributed by atoms with E-state index in [0.717, 1.165) is 66.2 Å². The second kappa shape index (κ2) is 12.1. The minimum Gasteiger partial charge on any atom is -0.437 e. The van der Waals surface area contributed by atoms with Gasteiger partial charge in [-0.05, 0) is 94.0 Å². The number of nitrogens with zero attached hydrogens (tertiary/aromatic N) is 4. The molecular formula is C55H36N4O. The Labute approximate surface area is 345 Å². The average Bonchev–Trinajstić information content (AvgIpc) is 4.00. The molecule has 60 heavy (non-hydrogen) atoms. The fourth-order valence-corrected chi connectivity index (χ4v) is 10.1. The molecule has 0 spiro atoms. The van der Waals surface area contributed by atoms with Crippen LogP contribution in [0.4, 0.5) is 0 Å². The Morgan fingerprint density at radius 3 is 1.82 bits per heavy atom. The third kappa shape index (κ3) is 4.57. The van der Waals surface area contributed by atoms with Crippen LogP contribution in [0.15, 0.2) is 186 Å². The van der Waals surface area contributed by atoms with Gasteiger partial charge in [-0.3, -0.25) is 4.57 Å². The molecule has 282 valence electrons. The molecule has 0 radical (unpaired) electrons. The Balaban J connectivity index is 1.04. The number of rotatable bonds is 4. The van der Waals surface area contributed by atoms with E-state index in [4.69, 9.17) is 14.4 Å². The van der Waals surface area contributed by atoms with Crippen molar-refractivity contribution in [1.29, 1.82) is 0 Å². The van der Waals surface area contributed by atoms with Crippen LogP contribution in [-0.4, -0.2) is 19.1 Å². The van der Waals surface area contributed by atoms with Gasteiger partial charge in [0, 0.05) is 43.6 Å². The van der Waals surface area contributed by atoms with Crippen LogP contribution in [0.1, 0.15) is 25.0 Å². The molecule has 5 heteroatoms. The number of benzene rings is 8. The molecular weight excluding hydrogens is 733 g/mol. The molecule has 4 heterocycles. The highest BCUT2D eigenvalue weighted by Gasteiger charge is 2.36. The lowest BCUT2D eigenvalue weighted by Gasteiger charge is -2.21. The van der Waals surface area contributed by atoms with Crippen LogP contribution in [0.3, 0.4) is 0 Å². The molecule has 0 N–H and O–H groups in total. The monoisotopic (exact) mass is 768 g/mol. The average molecular weight is 769 g/mol. The number of aromatic nitrogens is 4. The fraction of sp³-hybridized carbons (Fsp3) is 0.0545. The molecule has 4 aromatic heterocycles. The Morgan fingerprint density at radius 2 is 1.05 bits per heavy atom. The Bertz CT molecular complexity index is 3680. The molecule has 12 aromatic rings. The number of para-hydroxylation sites is 3. The van der Waals surface area contributed by atoms with E-state index in [9.17, 15) is 0 Å². The highest BCUT2D eigenvalue weighted by atomic mass is 16.3. The maximum Gasteiger partial charge on any atom is 0.238 e. The van der Waals surface area contributed by atoms with Crippen molar-refractivity contribution in [3.05, 3.63) is 193 Å². The first-order chi connectivity index (χ1) is 29.5. The van der Waals surface area contributed by atoms with Crippen LogP contribution in [0, 0.1) is 0 Å². The van der Waals surface area contributed by atoms with Gasteiger partial charge in [-0.1, -0.05) is 135 Å². The maximum absolute atomic E-state index is 6.67. The molecule has 0 fully saturated rings. The van der Waals surface area contributed by atoms with Crippen LogP contribution >= 0.6 is 0 Å². The van der Waals surface area contributed by atoms with Gasteiger partial charge in [0.1, 0.15) is 5.58 Å². The lowest BCUT2D eigenvalue weighted by Crippen LogP contribution is -2.14. The first kappa shape index (κ1) is 33.2. The van der Waals surface area contributed by atoms with E-state index in [1.807, 2.05) is 6.07 Å². The summed E-state index contributed by atoms with van der Waals surface area (Å²) < 4.78 is 11.3. The van der Waals surface area contributed by atoms with Gasteiger partial charge in [0.2, 0.25) is 11.7 Å². The van der Waals surface area contributed by atoms with Gasteiger partial charge in [0.15, 0.2) is 0 Å². The summed E-state index contributed by atoms with van der Waals surface area (Å²) in [5, 5.41) is 6.68. The zero-order valence-corrected chi connectivity index (χ0v) is 33.0. The van der Waals surface area contributed by atoms with E-state index in [2.05, 4.69) is 199 Å². The minimum absolute atomic E-state index is 0.0986. The van der Waals surface area contributed by atoms with E-state index in [-0.39, 0.29) is 5.41 Å². The summed E-state index contributed by atoms with van der Waals surface area (Å²) in [6.07, 6.45) is 0. The largest absolute Gasteiger partial charge is 0.437 e. The third-order valence-corrected chi connectivity index (χ3v) is 13.0. The Hall–Kier alpha value is -7.76. The first-order valence-corrected chi connectivity index (χ1v) is 20.6. The van der Waals surface area contributed by atoms with Crippen molar-refractivity contribution in [2.45, 2.75) is 19.3 Å². The Morgan fingerprint density at radius 1 is 0.433 bits per heavy atom. The topological polar surface area (TPSA) is 48.8 Å². The number of fused-ring (bicyclic) bond motifs is 12. The quantitative estimate of drug-likeness (QED) is 0.179. The van der Waals surface area contributed by atoms with E-state index in [1.54, 1.807) is 0 Å². The van der Waals surface area contributed by atoms with Crippen molar-refractivity contribution < 1.29 is 4.42 Å². The first-order valence-electron chi connectivity index (χ1n) is 20.6. The summed E-state index contributed by atoms with van der Waals surface area (Å²) in [6, 6.07) is 65.3. The summed E-state index contributed by atoms with van der Waals surface area (Å²) in [7, 11) is 0. The SMILES string of the molecule is CC1(C)c2ccccc2-c2cc3c4cc(-c5ccc6oc7nc(-n8c9ccccc9c9ccccc98)nc(-c8ccccc8)c7c6c5)ccc4n(-c4ccccc4)c3cc21. The van der Waals surface area contributed by atoms with Gasteiger partial charge in [0.25, 0.3) is 0 Å². The molecule has 0 aliphatic heterocycles. The van der Waals surface area contributed by atoms with Crippen molar-refractivity contribution >= 4 is 65.7 Å². The van der Waals surface area contributed by atoms with Crippen LogP contribution in [-0.2, 0) is 5.41 Å². The number of furan rings is 1. The van der Waals surface area contributed by atoms with Gasteiger partial charge in [0.05, 0.1) is 33.1 Å². The van der Waals surface area contributed by atoms with Crippen molar-refractivity contribution in [3.63, 3.8) is 0 Å². The van der Waals surface area contributed by atoms with Crippen molar-refractivity contribution in [2.75, 3.05) is 0 Å². The van der Waals surface area contributed by atoms with Gasteiger partial charge in [-0.15, -0.1) is 0 Å². The normalized spacial score (nSPS) is 13.3. The van der Waals surface area contributed by atoms with Gasteiger partial charge in [-0.2, -0.15) is 4.98 Å². The summed E-state index contributed by atoms with van der Waals surface area (Å²) in [4.78, 5) is 10.6. The molecule has 0 saturated heterocycles. The number of hydrogen-bond donors (Lipinski definition) is 0. The van der Waals surface area contributed by atoms with Gasteiger partial charge < -0.3 is 8.98 Å². The lowest BCUT2D eigenvalue weighted by molar-refractivity contribution is 0.651. The molecule has 0 bridgehead atoms. The molecule has 5 nitrogen and oxygen atoms in total. The standard InChI is InChI=1S/C55H36N4O/c1-55(2)44-22-12-9-19-37(44)40-31-42-41-29-34(25-27-48(41)58(49(42)32-45(40)55)36-17-7-4-8-18-36)35-26-28-50-43(30-35)51-52(33-15-5-3-6-16-33)56-54(57-53(51)60-50)59-46-23-13-10-20-38(46)39-21-11-14-24-47(39)59/h3-32H,1-2H3. The van der Waals surface area contributed by atoms with Crippen molar-refractivity contribution in [3.8, 4) is 45.1 Å². The van der Waals surface area contributed by atoms with E-state index in [1.165, 1.54) is 44.1 Å². The molecule has 0 unspecified atom stereocenters. The lowest BCUT2D eigenvalue weighted by atomic mass is 9.82. The highest BCUT2D eigenvalue weighted by molar-refractivity contribution is 6.15.